The molecular formula is C15H17FN2O3. The molecule has 0 saturated carbocycles. The summed E-state index contributed by atoms with van der Waals surface area (Å²) < 4.78 is 19.0. The Bertz CT molecular complexity index is 613. The van der Waals surface area contributed by atoms with Gasteiger partial charge in [-0.3, -0.25) is 0 Å². The zero-order chi connectivity index (χ0) is 15.6. The third-order valence-electron chi connectivity index (χ3n) is 3.47. The van der Waals surface area contributed by atoms with Crippen LogP contribution in [0, 0.1) is 5.82 Å². The summed E-state index contributed by atoms with van der Waals surface area (Å²) in [5, 5.41) is 2.63. The Balaban J connectivity index is 2.54. The predicted octanol–water partition coefficient (Wildman–Crippen LogP) is 2.36. The van der Waals surface area contributed by atoms with E-state index in [2.05, 4.69) is 5.32 Å². The highest BCUT2D eigenvalue weighted by molar-refractivity contribution is 5.94. The number of nitrogens with one attached hydrogen (secondary N) is 1. The van der Waals surface area contributed by atoms with Gasteiger partial charge in [-0.2, -0.15) is 0 Å². The van der Waals surface area contributed by atoms with Crippen LogP contribution in [0.25, 0.3) is 0 Å². The molecule has 1 atom stereocenters. The van der Waals surface area contributed by atoms with E-state index in [-0.39, 0.29) is 17.7 Å². The molecule has 2 amide bonds. The summed E-state index contributed by atoms with van der Waals surface area (Å²) >= 11 is 0. The highest BCUT2D eigenvalue weighted by Crippen LogP contribution is 2.31. The normalized spacial score (nSPS) is 18.6. The van der Waals surface area contributed by atoms with Crippen LogP contribution in [0.1, 0.15) is 25.5 Å². The maximum absolute atomic E-state index is 14.0. The molecule has 0 saturated heterocycles. The number of carbonyl (C=O) groups is 2. The average molecular weight is 292 g/mol. The summed E-state index contributed by atoms with van der Waals surface area (Å²) in [6, 6.07) is 4.79. The van der Waals surface area contributed by atoms with Crippen molar-refractivity contribution in [3.63, 3.8) is 0 Å². The Morgan fingerprint density at radius 3 is 2.71 bits per heavy atom. The number of hydrogen-bond acceptors (Lipinski definition) is 3. The summed E-state index contributed by atoms with van der Waals surface area (Å²) in [6.07, 6.45) is 0. The summed E-state index contributed by atoms with van der Waals surface area (Å²) in [6.45, 7) is 3.53. The van der Waals surface area contributed by atoms with Crippen molar-refractivity contribution in [1.29, 1.82) is 0 Å². The largest absolute Gasteiger partial charge is 0.463 e. The maximum Gasteiger partial charge on any atom is 0.338 e. The minimum Gasteiger partial charge on any atom is -0.463 e. The lowest BCUT2D eigenvalue weighted by Crippen LogP contribution is -2.46. The standard InChI is InChI=1S/C15H17FN2O3/c1-4-21-14(19)12-9(2)18(3)15(20)17-13(12)10-7-5-6-8-11(10)16/h5-8,13H,4H2,1-3H3,(H,17,20)/t13-/m1/s1. The summed E-state index contributed by atoms with van der Waals surface area (Å²) in [4.78, 5) is 25.4. The second kappa shape index (κ2) is 5.95. The zero-order valence-corrected chi connectivity index (χ0v) is 12.1. The highest BCUT2D eigenvalue weighted by atomic mass is 19.1. The summed E-state index contributed by atoms with van der Waals surface area (Å²) in [5.41, 5.74) is 0.927. The Hall–Kier alpha value is -2.37. The van der Waals surface area contributed by atoms with Crippen LogP contribution in [0.4, 0.5) is 9.18 Å². The van der Waals surface area contributed by atoms with Gasteiger partial charge in [0.15, 0.2) is 0 Å². The number of rotatable bonds is 3. The molecule has 5 nitrogen and oxygen atoms in total. The minimum atomic E-state index is -0.853. The molecule has 1 aliphatic heterocycles. The number of carbonyl (C=O) groups excluding carboxylic acids is 2. The lowest BCUT2D eigenvalue weighted by atomic mass is 9.94. The molecule has 1 aromatic rings. The average Bonchev–Trinajstić information content (AvgIpc) is 2.45. The topological polar surface area (TPSA) is 58.6 Å². The number of allylic oxidation sites excluding steroid dienone is 1. The van der Waals surface area contributed by atoms with Crippen LogP contribution in [0.15, 0.2) is 35.5 Å². The van der Waals surface area contributed by atoms with Crippen molar-refractivity contribution in [2.24, 2.45) is 0 Å². The number of halogens is 1. The zero-order valence-electron chi connectivity index (χ0n) is 12.1. The number of urea groups is 1. The Morgan fingerprint density at radius 2 is 2.10 bits per heavy atom. The van der Waals surface area contributed by atoms with E-state index in [9.17, 15) is 14.0 Å². The predicted molar refractivity (Wildman–Crippen MR) is 74.8 cm³/mol. The van der Waals surface area contributed by atoms with Gasteiger partial charge in [-0.05, 0) is 19.9 Å². The number of nitrogens with zero attached hydrogens (tertiary/aromatic N) is 1. The molecule has 0 radical (unpaired) electrons. The molecule has 0 fully saturated rings. The van der Waals surface area contributed by atoms with Gasteiger partial charge in [-0.1, -0.05) is 18.2 Å². The van der Waals surface area contributed by atoms with Gasteiger partial charge in [0.05, 0.1) is 18.2 Å². The van der Waals surface area contributed by atoms with Gasteiger partial charge in [0, 0.05) is 18.3 Å². The Morgan fingerprint density at radius 1 is 1.43 bits per heavy atom. The quantitative estimate of drug-likeness (QED) is 0.870. The van der Waals surface area contributed by atoms with Crippen LogP contribution in [-0.2, 0) is 9.53 Å². The fraction of sp³-hybridized carbons (Fsp3) is 0.333. The molecular weight excluding hydrogens is 275 g/mol. The van der Waals surface area contributed by atoms with Crippen molar-refractivity contribution in [3.05, 3.63) is 46.9 Å². The van der Waals surface area contributed by atoms with Crippen molar-refractivity contribution >= 4 is 12.0 Å². The van der Waals surface area contributed by atoms with Crippen LogP contribution in [0.5, 0.6) is 0 Å². The molecule has 0 aromatic heterocycles. The molecule has 6 heteroatoms. The van der Waals surface area contributed by atoms with Crippen molar-refractivity contribution in [2.75, 3.05) is 13.7 Å². The van der Waals surface area contributed by atoms with E-state index in [4.69, 9.17) is 4.74 Å². The van der Waals surface area contributed by atoms with Crippen LogP contribution in [-0.4, -0.2) is 30.6 Å². The van der Waals surface area contributed by atoms with Gasteiger partial charge in [-0.15, -0.1) is 0 Å². The van der Waals surface area contributed by atoms with Crippen LogP contribution < -0.4 is 5.32 Å². The molecule has 2 rings (SSSR count). The van der Waals surface area contributed by atoms with E-state index >= 15 is 0 Å². The first kappa shape index (κ1) is 15.0. The van der Waals surface area contributed by atoms with Gasteiger partial charge in [-0.25, -0.2) is 14.0 Å². The lowest BCUT2D eigenvalue weighted by molar-refractivity contribution is -0.139. The number of benzene rings is 1. The highest BCUT2D eigenvalue weighted by Gasteiger charge is 2.35. The van der Waals surface area contributed by atoms with Crippen LogP contribution >= 0.6 is 0 Å². The monoisotopic (exact) mass is 292 g/mol. The fourth-order valence-electron chi connectivity index (χ4n) is 2.25. The third-order valence-corrected chi connectivity index (χ3v) is 3.47. The Labute approximate surface area is 122 Å². The smallest absolute Gasteiger partial charge is 0.338 e. The SMILES string of the molecule is CCOC(=O)C1=C(C)N(C)C(=O)N[C@@H]1c1ccccc1F. The van der Waals surface area contributed by atoms with Gasteiger partial charge in [0.2, 0.25) is 0 Å². The molecule has 1 aromatic carbocycles. The molecule has 1 aliphatic rings. The fourth-order valence-corrected chi connectivity index (χ4v) is 2.25. The second-order valence-corrected chi connectivity index (χ2v) is 4.68. The first-order valence-electron chi connectivity index (χ1n) is 6.63. The van der Waals surface area contributed by atoms with Gasteiger partial charge in [0.1, 0.15) is 5.82 Å². The van der Waals surface area contributed by atoms with E-state index < -0.39 is 23.9 Å². The molecule has 21 heavy (non-hydrogen) atoms. The lowest BCUT2D eigenvalue weighted by Gasteiger charge is -2.33. The number of hydrogen-bond donors (Lipinski definition) is 1. The number of amides is 2. The minimum absolute atomic E-state index is 0.206. The van der Waals surface area contributed by atoms with Gasteiger partial charge >= 0.3 is 12.0 Å². The van der Waals surface area contributed by atoms with Crippen molar-refractivity contribution in [2.45, 2.75) is 19.9 Å². The molecule has 1 heterocycles. The van der Waals surface area contributed by atoms with E-state index in [1.54, 1.807) is 33.0 Å². The van der Waals surface area contributed by atoms with Crippen molar-refractivity contribution in [3.8, 4) is 0 Å². The summed E-state index contributed by atoms with van der Waals surface area (Å²) in [5.74, 6) is -1.04. The molecule has 1 N–H and O–H groups in total. The van der Waals surface area contributed by atoms with Gasteiger partial charge in [0.25, 0.3) is 0 Å². The molecule has 0 unspecified atom stereocenters. The van der Waals surface area contributed by atoms with Crippen LogP contribution in [0.2, 0.25) is 0 Å². The summed E-state index contributed by atoms with van der Waals surface area (Å²) in [7, 11) is 1.54. The molecule has 112 valence electrons. The first-order valence-corrected chi connectivity index (χ1v) is 6.63. The third kappa shape index (κ3) is 2.74. The van der Waals surface area contributed by atoms with Gasteiger partial charge < -0.3 is 15.0 Å². The van der Waals surface area contributed by atoms with Crippen molar-refractivity contribution in [1.82, 2.24) is 10.2 Å². The Kier molecular flexibility index (Phi) is 4.26. The number of ether oxygens (including phenoxy) is 1. The maximum atomic E-state index is 14.0. The van der Waals surface area contributed by atoms with Crippen molar-refractivity contribution < 1.29 is 18.7 Å². The number of esters is 1. The van der Waals surface area contributed by atoms with Crippen LogP contribution in [0.3, 0.4) is 0 Å². The molecule has 0 bridgehead atoms. The molecule has 0 spiro atoms. The molecule has 0 aliphatic carbocycles. The van der Waals surface area contributed by atoms with E-state index in [0.29, 0.717) is 5.70 Å². The van der Waals surface area contributed by atoms with E-state index in [1.807, 2.05) is 0 Å². The van der Waals surface area contributed by atoms with E-state index in [0.717, 1.165) is 0 Å². The first-order chi connectivity index (χ1) is 9.97. The van der Waals surface area contributed by atoms with E-state index in [1.165, 1.54) is 17.0 Å². The second-order valence-electron chi connectivity index (χ2n) is 4.68.